The monoisotopic (exact) mass is 494 g/mol. The van der Waals surface area contributed by atoms with E-state index in [1.807, 2.05) is 50.4 Å². The van der Waals surface area contributed by atoms with Gasteiger partial charge in [0, 0.05) is 6.42 Å². The number of thioether (sulfide) groups is 1. The van der Waals surface area contributed by atoms with Crippen LogP contribution in [0.4, 0.5) is 0 Å². The van der Waals surface area contributed by atoms with Crippen molar-refractivity contribution >= 4 is 35.5 Å². The van der Waals surface area contributed by atoms with Crippen molar-refractivity contribution in [3.05, 3.63) is 35.9 Å². The van der Waals surface area contributed by atoms with E-state index in [2.05, 4.69) is 16.0 Å². The molecular weight excluding hydrogens is 456 g/mol. The second-order valence-corrected chi connectivity index (χ2v) is 9.92. The fourth-order valence-electron chi connectivity index (χ4n) is 3.17. The van der Waals surface area contributed by atoms with Crippen LogP contribution in [0.2, 0.25) is 0 Å². The Kier molecular flexibility index (Phi) is 12.7. The summed E-state index contributed by atoms with van der Waals surface area (Å²) in [7, 11) is 0. The Morgan fingerprint density at radius 1 is 0.882 bits per heavy atom. The average Bonchev–Trinajstić information content (AvgIpc) is 2.78. The predicted molar refractivity (Wildman–Crippen MR) is 134 cm³/mol. The molecule has 0 heterocycles. The number of rotatable bonds is 14. The molecule has 0 spiro atoms. The van der Waals surface area contributed by atoms with Crippen LogP contribution in [0.25, 0.3) is 0 Å². The Morgan fingerprint density at radius 3 is 1.97 bits per heavy atom. The smallest absolute Gasteiger partial charge is 0.326 e. The maximum atomic E-state index is 13.1. The summed E-state index contributed by atoms with van der Waals surface area (Å²) >= 11 is 1.48. The number of carbonyl (C=O) groups is 4. The minimum Gasteiger partial charge on any atom is -0.480 e. The molecule has 4 atom stereocenters. The minimum atomic E-state index is -1.14. The molecule has 0 saturated carbocycles. The van der Waals surface area contributed by atoms with E-state index >= 15 is 0 Å². The molecular formula is C24H38N4O5S. The Morgan fingerprint density at radius 2 is 1.47 bits per heavy atom. The highest BCUT2D eigenvalue weighted by Gasteiger charge is 2.32. The van der Waals surface area contributed by atoms with Crippen molar-refractivity contribution < 1.29 is 24.3 Å². The van der Waals surface area contributed by atoms with Crippen molar-refractivity contribution in [3.8, 4) is 0 Å². The normalized spacial score (nSPS) is 14.7. The van der Waals surface area contributed by atoms with Crippen LogP contribution in [-0.4, -0.2) is 65.0 Å². The van der Waals surface area contributed by atoms with Gasteiger partial charge in [0.2, 0.25) is 17.7 Å². The highest BCUT2D eigenvalue weighted by atomic mass is 32.2. The Balaban J connectivity index is 3.08. The van der Waals surface area contributed by atoms with Gasteiger partial charge in [-0.15, -0.1) is 0 Å². The first-order valence-electron chi connectivity index (χ1n) is 11.4. The van der Waals surface area contributed by atoms with Crippen LogP contribution < -0.4 is 21.7 Å². The number of hydrogen-bond acceptors (Lipinski definition) is 6. The fraction of sp³-hybridized carbons (Fsp3) is 0.583. The summed E-state index contributed by atoms with van der Waals surface area (Å²) in [5, 5.41) is 17.4. The Labute approximate surface area is 206 Å². The molecule has 4 unspecified atom stereocenters. The third-order valence-corrected chi connectivity index (χ3v) is 6.05. The molecule has 6 N–H and O–H groups in total. The molecule has 0 aliphatic heterocycles. The number of benzene rings is 1. The van der Waals surface area contributed by atoms with Gasteiger partial charge in [0.25, 0.3) is 0 Å². The van der Waals surface area contributed by atoms with Crippen LogP contribution >= 0.6 is 11.8 Å². The molecule has 0 bridgehead atoms. The van der Waals surface area contributed by atoms with Crippen LogP contribution in [0.3, 0.4) is 0 Å². The standard InChI is InChI=1S/C24H38N4O5S/c1-14(2)19(25)22(30)28-20(15(3)4)23(31)27-18(13-16-9-7-6-8-10-16)21(29)26-17(24(32)33)11-12-34-5/h6-10,14-15,17-20H,11-13,25H2,1-5H3,(H,26,29)(H,27,31)(H,28,30)(H,32,33). The topological polar surface area (TPSA) is 151 Å². The maximum absolute atomic E-state index is 13.1. The van der Waals surface area contributed by atoms with E-state index in [1.54, 1.807) is 13.8 Å². The predicted octanol–water partition coefficient (Wildman–Crippen LogP) is 1.16. The van der Waals surface area contributed by atoms with E-state index in [0.717, 1.165) is 5.56 Å². The van der Waals surface area contributed by atoms with Gasteiger partial charge in [-0.2, -0.15) is 11.8 Å². The highest BCUT2D eigenvalue weighted by molar-refractivity contribution is 7.98. The number of hydrogen-bond donors (Lipinski definition) is 5. The Bertz CT molecular complexity index is 819. The van der Waals surface area contributed by atoms with Crippen LogP contribution in [0, 0.1) is 11.8 Å². The van der Waals surface area contributed by atoms with Crippen molar-refractivity contribution in [2.24, 2.45) is 17.6 Å². The van der Waals surface area contributed by atoms with Gasteiger partial charge in [-0.1, -0.05) is 58.0 Å². The van der Waals surface area contributed by atoms with Crippen LogP contribution in [0.5, 0.6) is 0 Å². The first-order chi connectivity index (χ1) is 16.0. The number of amides is 3. The summed E-state index contributed by atoms with van der Waals surface area (Å²) in [6.45, 7) is 7.18. The van der Waals surface area contributed by atoms with E-state index in [9.17, 15) is 24.3 Å². The van der Waals surface area contributed by atoms with Crippen molar-refractivity contribution in [1.29, 1.82) is 0 Å². The number of carboxylic acids is 1. The van der Waals surface area contributed by atoms with Crippen LogP contribution in [0.1, 0.15) is 39.7 Å². The van der Waals surface area contributed by atoms with Gasteiger partial charge < -0.3 is 26.8 Å². The second-order valence-electron chi connectivity index (χ2n) is 8.93. The third kappa shape index (κ3) is 9.72. The molecule has 0 aromatic heterocycles. The van der Waals surface area contributed by atoms with Gasteiger partial charge in [-0.25, -0.2) is 4.79 Å². The lowest BCUT2D eigenvalue weighted by atomic mass is 9.99. The summed E-state index contributed by atoms with van der Waals surface area (Å²) in [6.07, 6.45) is 2.27. The van der Waals surface area contributed by atoms with Gasteiger partial charge in [0.05, 0.1) is 6.04 Å². The molecule has 10 heteroatoms. The molecule has 1 aromatic rings. The largest absolute Gasteiger partial charge is 0.480 e. The average molecular weight is 495 g/mol. The lowest BCUT2D eigenvalue weighted by Crippen LogP contribution is -2.59. The lowest BCUT2D eigenvalue weighted by molar-refractivity contribution is -0.142. The fourth-order valence-corrected chi connectivity index (χ4v) is 3.64. The van der Waals surface area contributed by atoms with Gasteiger partial charge >= 0.3 is 5.97 Å². The van der Waals surface area contributed by atoms with Crippen molar-refractivity contribution in [2.45, 2.75) is 64.7 Å². The summed E-state index contributed by atoms with van der Waals surface area (Å²) < 4.78 is 0. The van der Waals surface area contributed by atoms with E-state index in [4.69, 9.17) is 5.73 Å². The van der Waals surface area contributed by atoms with Gasteiger partial charge in [-0.05, 0) is 35.8 Å². The zero-order chi connectivity index (χ0) is 25.8. The van der Waals surface area contributed by atoms with Gasteiger partial charge in [0.15, 0.2) is 0 Å². The van der Waals surface area contributed by atoms with Gasteiger partial charge in [-0.3, -0.25) is 14.4 Å². The SMILES string of the molecule is CSCCC(NC(=O)C(Cc1ccccc1)NC(=O)C(NC(=O)C(N)C(C)C)C(C)C)C(=O)O. The molecule has 0 aliphatic rings. The number of carboxylic acid groups (broad SMARTS) is 1. The minimum absolute atomic E-state index is 0.110. The van der Waals surface area contributed by atoms with Gasteiger partial charge in [0.1, 0.15) is 18.1 Å². The molecule has 0 radical (unpaired) electrons. The zero-order valence-electron chi connectivity index (χ0n) is 20.5. The first kappa shape index (κ1) is 29.4. The lowest BCUT2D eigenvalue weighted by Gasteiger charge is -2.27. The molecule has 34 heavy (non-hydrogen) atoms. The van der Waals surface area contributed by atoms with Crippen LogP contribution in [0.15, 0.2) is 30.3 Å². The van der Waals surface area contributed by atoms with Crippen LogP contribution in [-0.2, 0) is 25.6 Å². The molecule has 3 amide bonds. The number of carbonyl (C=O) groups excluding carboxylic acids is 3. The highest BCUT2D eigenvalue weighted by Crippen LogP contribution is 2.09. The van der Waals surface area contributed by atoms with Crippen molar-refractivity contribution in [2.75, 3.05) is 12.0 Å². The summed E-state index contributed by atoms with van der Waals surface area (Å²) in [6, 6.07) is 5.33. The van der Waals surface area contributed by atoms with E-state index < -0.39 is 47.9 Å². The number of aliphatic carboxylic acids is 1. The molecule has 1 aromatic carbocycles. The summed E-state index contributed by atoms with van der Waals surface area (Å²) in [4.78, 5) is 50.3. The molecule has 9 nitrogen and oxygen atoms in total. The second kappa shape index (κ2) is 14.6. The Hall–Kier alpha value is -2.59. The molecule has 0 saturated heterocycles. The summed E-state index contributed by atoms with van der Waals surface area (Å²) in [5.74, 6) is -2.54. The van der Waals surface area contributed by atoms with E-state index in [-0.39, 0.29) is 24.7 Å². The molecule has 0 fully saturated rings. The van der Waals surface area contributed by atoms with E-state index in [1.165, 1.54) is 11.8 Å². The maximum Gasteiger partial charge on any atom is 0.326 e. The van der Waals surface area contributed by atoms with Crippen molar-refractivity contribution in [3.63, 3.8) is 0 Å². The number of nitrogens with two attached hydrogens (primary N) is 1. The summed E-state index contributed by atoms with van der Waals surface area (Å²) in [5.41, 5.74) is 6.72. The van der Waals surface area contributed by atoms with Crippen molar-refractivity contribution in [1.82, 2.24) is 16.0 Å². The molecule has 1 rings (SSSR count). The molecule has 190 valence electrons. The quantitative estimate of drug-likeness (QED) is 0.260. The zero-order valence-corrected chi connectivity index (χ0v) is 21.4. The first-order valence-corrected chi connectivity index (χ1v) is 12.8. The molecule has 0 aliphatic carbocycles. The third-order valence-electron chi connectivity index (χ3n) is 5.41. The van der Waals surface area contributed by atoms with E-state index in [0.29, 0.717) is 5.75 Å². The number of nitrogens with one attached hydrogen (secondary N) is 3.